The standard InChI is InChI=1S/C16H22N2O2/c1-12(2)10-13(3)18(4)16(20)15-8-7-14(11-17-15)6-5-9-19/h7-8,11-13,19H,9-10H2,1-4H3. The number of hydrogen-bond donors (Lipinski definition) is 1. The van der Waals surface area contributed by atoms with Gasteiger partial charge in [-0.3, -0.25) is 4.79 Å². The SMILES string of the molecule is CC(C)CC(C)N(C)C(=O)c1ccc(C#CCO)cn1. The van der Waals surface area contributed by atoms with E-state index in [4.69, 9.17) is 5.11 Å². The highest BCUT2D eigenvalue weighted by Gasteiger charge is 2.19. The highest BCUT2D eigenvalue weighted by atomic mass is 16.2. The summed E-state index contributed by atoms with van der Waals surface area (Å²) in [6.07, 6.45) is 2.51. The predicted molar refractivity (Wildman–Crippen MR) is 79.2 cm³/mol. The zero-order valence-corrected chi connectivity index (χ0v) is 12.6. The Balaban J connectivity index is 2.76. The molecule has 0 radical (unpaired) electrons. The van der Waals surface area contributed by atoms with Crippen LogP contribution in [0.2, 0.25) is 0 Å². The third-order valence-corrected chi connectivity index (χ3v) is 3.09. The molecule has 1 atom stereocenters. The number of aliphatic hydroxyl groups is 1. The van der Waals surface area contributed by atoms with E-state index in [1.54, 1.807) is 30.3 Å². The van der Waals surface area contributed by atoms with Gasteiger partial charge in [0.2, 0.25) is 0 Å². The monoisotopic (exact) mass is 274 g/mol. The molecule has 1 unspecified atom stereocenters. The highest BCUT2D eigenvalue weighted by Crippen LogP contribution is 2.12. The first kappa shape index (κ1) is 16.2. The number of amides is 1. The molecule has 0 aliphatic heterocycles. The van der Waals surface area contributed by atoms with E-state index in [1.165, 1.54) is 0 Å². The molecular formula is C16H22N2O2. The van der Waals surface area contributed by atoms with Gasteiger partial charge in [-0.2, -0.15) is 0 Å². The molecule has 0 saturated heterocycles. The normalized spacial score (nSPS) is 11.7. The van der Waals surface area contributed by atoms with Crippen LogP contribution in [0.25, 0.3) is 0 Å². The highest BCUT2D eigenvalue weighted by molar-refractivity contribution is 5.92. The molecule has 0 fully saturated rings. The minimum atomic E-state index is -0.184. The lowest BCUT2D eigenvalue weighted by Gasteiger charge is -2.26. The number of carbonyl (C=O) groups excluding carboxylic acids is 1. The van der Waals surface area contributed by atoms with Gasteiger partial charge in [0, 0.05) is 24.8 Å². The fourth-order valence-electron chi connectivity index (χ4n) is 1.96. The van der Waals surface area contributed by atoms with Crippen LogP contribution in [0.4, 0.5) is 0 Å². The minimum Gasteiger partial charge on any atom is -0.384 e. The molecule has 0 aliphatic carbocycles. The molecule has 0 spiro atoms. The number of carbonyl (C=O) groups is 1. The number of nitrogens with zero attached hydrogens (tertiary/aromatic N) is 2. The number of pyridine rings is 1. The molecule has 0 saturated carbocycles. The first-order valence-corrected chi connectivity index (χ1v) is 6.78. The number of rotatable bonds is 4. The van der Waals surface area contributed by atoms with Crippen LogP contribution >= 0.6 is 0 Å². The molecule has 108 valence electrons. The second kappa shape index (κ2) is 7.66. The third-order valence-electron chi connectivity index (χ3n) is 3.09. The summed E-state index contributed by atoms with van der Waals surface area (Å²) in [5.74, 6) is 5.76. The fraction of sp³-hybridized carbons (Fsp3) is 0.500. The summed E-state index contributed by atoms with van der Waals surface area (Å²) in [5, 5.41) is 8.62. The molecule has 1 rings (SSSR count). The van der Waals surface area contributed by atoms with E-state index in [0.29, 0.717) is 17.2 Å². The number of aromatic nitrogens is 1. The van der Waals surface area contributed by atoms with Crippen LogP contribution in [0.15, 0.2) is 18.3 Å². The Morgan fingerprint density at radius 3 is 2.60 bits per heavy atom. The molecule has 1 amide bonds. The Bertz CT molecular complexity index is 497. The predicted octanol–water partition coefficient (Wildman–Crippen LogP) is 1.93. The fourth-order valence-corrected chi connectivity index (χ4v) is 1.96. The van der Waals surface area contributed by atoms with E-state index in [2.05, 4.69) is 30.7 Å². The van der Waals surface area contributed by atoms with Crippen LogP contribution in [0.1, 0.15) is 43.2 Å². The van der Waals surface area contributed by atoms with Crippen LogP contribution in [-0.2, 0) is 0 Å². The van der Waals surface area contributed by atoms with Crippen LogP contribution in [0, 0.1) is 17.8 Å². The van der Waals surface area contributed by atoms with E-state index in [0.717, 1.165) is 6.42 Å². The van der Waals surface area contributed by atoms with Crippen molar-refractivity contribution in [2.45, 2.75) is 33.2 Å². The molecule has 0 aromatic carbocycles. The molecule has 1 N–H and O–H groups in total. The van der Waals surface area contributed by atoms with Crippen molar-refractivity contribution in [1.29, 1.82) is 0 Å². The van der Waals surface area contributed by atoms with Gasteiger partial charge >= 0.3 is 0 Å². The summed E-state index contributed by atoms with van der Waals surface area (Å²) in [4.78, 5) is 18.1. The molecule has 4 heteroatoms. The summed E-state index contributed by atoms with van der Waals surface area (Å²) in [5.41, 5.74) is 1.10. The maximum Gasteiger partial charge on any atom is 0.272 e. The Morgan fingerprint density at radius 1 is 1.40 bits per heavy atom. The number of hydrogen-bond acceptors (Lipinski definition) is 3. The van der Waals surface area contributed by atoms with Crippen LogP contribution in [-0.4, -0.2) is 40.6 Å². The third kappa shape index (κ3) is 4.67. The van der Waals surface area contributed by atoms with Gasteiger partial charge in [-0.15, -0.1) is 0 Å². The van der Waals surface area contributed by atoms with E-state index >= 15 is 0 Å². The summed E-state index contributed by atoms with van der Waals surface area (Å²) in [6.45, 7) is 6.14. The zero-order valence-electron chi connectivity index (χ0n) is 12.6. The molecule has 1 aromatic heterocycles. The second-order valence-corrected chi connectivity index (χ2v) is 5.29. The van der Waals surface area contributed by atoms with Gasteiger partial charge in [0.05, 0.1) is 0 Å². The Labute approximate surface area is 120 Å². The molecule has 1 heterocycles. The van der Waals surface area contributed by atoms with E-state index in [-0.39, 0.29) is 18.6 Å². The van der Waals surface area contributed by atoms with Gasteiger partial charge in [0.15, 0.2) is 0 Å². The largest absolute Gasteiger partial charge is 0.384 e. The van der Waals surface area contributed by atoms with E-state index in [1.807, 2.05) is 6.92 Å². The van der Waals surface area contributed by atoms with Gasteiger partial charge in [0.25, 0.3) is 5.91 Å². The van der Waals surface area contributed by atoms with Crippen LogP contribution in [0.3, 0.4) is 0 Å². The minimum absolute atomic E-state index is 0.0835. The Hall–Kier alpha value is -1.86. The summed E-state index contributed by atoms with van der Waals surface area (Å²) in [7, 11) is 1.80. The maximum absolute atomic E-state index is 12.3. The lowest BCUT2D eigenvalue weighted by atomic mass is 10.0. The topological polar surface area (TPSA) is 53.4 Å². The van der Waals surface area contributed by atoms with Gasteiger partial charge < -0.3 is 10.0 Å². The maximum atomic E-state index is 12.3. The van der Waals surface area contributed by atoms with Gasteiger partial charge in [-0.05, 0) is 31.4 Å². The van der Waals surface area contributed by atoms with Gasteiger partial charge in [0.1, 0.15) is 12.3 Å². The van der Waals surface area contributed by atoms with Crippen molar-refractivity contribution in [3.05, 3.63) is 29.6 Å². The first-order valence-electron chi connectivity index (χ1n) is 6.78. The molecule has 0 aliphatic rings. The van der Waals surface area contributed by atoms with E-state index < -0.39 is 0 Å². The second-order valence-electron chi connectivity index (χ2n) is 5.29. The van der Waals surface area contributed by atoms with Crippen molar-refractivity contribution in [2.24, 2.45) is 5.92 Å². The molecule has 20 heavy (non-hydrogen) atoms. The van der Waals surface area contributed by atoms with Crippen molar-refractivity contribution in [3.63, 3.8) is 0 Å². The average molecular weight is 274 g/mol. The van der Waals surface area contributed by atoms with Gasteiger partial charge in [-0.25, -0.2) is 4.98 Å². The smallest absolute Gasteiger partial charge is 0.272 e. The Kier molecular flexibility index (Phi) is 6.20. The van der Waals surface area contributed by atoms with Gasteiger partial charge in [-0.1, -0.05) is 25.7 Å². The average Bonchev–Trinajstić information content (AvgIpc) is 2.43. The zero-order chi connectivity index (χ0) is 15.1. The lowest BCUT2D eigenvalue weighted by Crippen LogP contribution is -2.36. The quantitative estimate of drug-likeness (QED) is 0.854. The Morgan fingerprint density at radius 2 is 2.10 bits per heavy atom. The summed E-state index contributed by atoms with van der Waals surface area (Å²) >= 11 is 0. The molecule has 0 bridgehead atoms. The lowest BCUT2D eigenvalue weighted by molar-refractivity contribution is 0.0722. The van der Waals surface area contributed by atoms with Crippen LogP contribution < -0.4 is 0 Å². The van der Waals surface area contributed by atoms with Crippen molar-refractivity contribution < 1.29 is 9.90 Å². The molecular weight excluding hydrogens is 252 g/mol. The van der Waals surface area contributed by atoms with Crippen molar-refractivity contribution in [3.8, 4) is 11.8 Å². The first-order chi connectivity index (χ1) is 9.45. The van der Waals surface area contributed by atoms with E-state index in [9.17, 15) is 4.79 Å². The summed E-state index contributed by atoms with van der Waals surface area (Å²) in [6, 6.07) is 3.59. The molecule has 1 aromatic rings. The van der Waals surface area contributed by atoms with Crippen LogP contribution in [0.5, 0.6) is 0 Å². The molecule has 4 nitrogen and oxygen atoms in total. The van der Waals surface area contributed by atoms with Crippen molar-refractivity contribution in [1.82, 2.24) is 9.88 Å². The number of aliphatic hydroxyl groups excluding tert-OH is 1. The van der Waals surface area contributed by atoms with Crippen molar-refractivity contribution >= 4 is 5.91 Å². The van der Waals surface area contributed by atoms with Crippen molar-refractivity contribution in [2.75, 3.05) is 13.7 Å². The summed E-state index contributed by atoms with van der Waals surface area (Å²) < 4.78 is 0.